The normalized spacial score (nSPS) is 10.7. The van der Waals surface area contributed by atoms with Gasteiger partial charge in [0.05, 0.1) is 23.8 Å². The second-order valence-corrected chi connectivity index (χ2v) is 5.13. The topological polar surface area (TPSA) is 34.9 Å². The Balaban J connectivity index is 2.09. The van der Waals surface area contributed by atoms with Crippen molar-refractivity contribution in [2.24, 2.45) is 0 Å². The third-order valence-corrected chi connectivity index (χ3v) is 3.55. The van der Waals surface area contributed by atoms with Gasteiger partial charge in [0.25, 0.3) is 5.56 Å². The molecular weight excluding hydrogens is 260 g/mol. The van der Waals surface area contributed by atoms with Gasteiger partial charge in [0, 0.05) is 0 Å². The number of nitrogens with zero attached hydrogens (tertiary/aromatic N) is 2. The molecule has 0 atom stereocenters. The second kappa shape index (κ2) is 5.37. The van der Waals surface area contributed by atoms with E-state index in [0.29, 0.717) is 11.9 Å². The third kappa shape index (κ3) is 2.50. The van der Waals surface area contributed by atoms with E-state index in [1.165, 1.54) is 0 Å². The standard InChI is InChI=1S/C18H16N2O/c1-13(2)15-8-4-3-7-14(15)11-20-12-19-17-10-6-5-9-16(17)18(20)21/h3-10,12H,1,11H2,2H3. The summed E-state index contributed by atoms with van der Waals surface area (Å²) in [6.07, 6.45) is 1.61. The van der Waals surface area contributed by atoms with Crippen LogP contribution >= 0.6 is 0 Å². The van der Waals surface area contributed by atoms with Gasteiger partial charge < -0.3 is 0 Å². The van der Waals surface area contributed by atoms with Gasteiger partial charge in [-0.25, -0.2) is 4.98 Å². The number of aromatic nitrogens is 2. The highest BCUT2D eigenvalue weighted by Gasteiger charge is 2.07. The van der Waals surface area contributed by atoms with Crippen molar-refractivity contribution in [1.82, 2.24) is 9.55 Å². The van der Waals surface area contributed by atoms with Gasteiger partial charge in [-0.3, -0.25) is 9.36 Å². The molecule has 0 amide bonds. The molecule has 0 saturated carbocycles. The molecule has 1 aromatic heterocycles. The Labute approximate surface area is 123 Å². The molecule has 104 valence electrons. The van der Waals surface area contributed by atoms with Crippen LogP contribution in [0.5, 0.6) is 0 Å². The molecule has 0 fully saturated rings. The van der Waals surface area contributed by atoms with E-state index in [1.807, 2.05) is 55.5 Å². The first kappa shape index (κ1) is 13.3. The van der Waals surface area contributed by atoms with Crippen LogP contribution < -0.4 is 5.56 Å². The maximum absolute atomic E-state index is 12.5. The SMILES string of the molecule is C=C(C)c1ccccc1Cn1cnc2ccccc2c1=O. The summed E-state index contributed by atoms with van der Waals surface area (Å²) in [6.45, 7) is 6.47. The number of fused-ring (bicyclic) bond motifs is 1. The lowest BCUT2D eigenvalue weighted by Gasteiger charge is -2.11. The minimum Gasteiger partial charge on any atom is -0.294 e. The average Bonchev–Trinajstić information content (AvgIpc) is 2.51. The van der Waals surface area contributed by atoms with Crippen LogP contribution in [0.3, 0.4) is 0 Å². The molecule has 0 radical (unpaired) electrons. The second-order valence-electron chi connectivity index (χ2n) is 5.13. The molecule has 3 heteroatoms. The summed E-state index contributed by atoms with van der Waals surface area (Å²) in [4.78, 5) is 16.9. The zero-order valence-electron chi connectivity index (χ0n) is 11.9. The summed E-state index contributed by atoms with van der Waals surface area (Å²) in [5.74, 6) is 0. The molecule has 3 nitrogen and oxygen atoms in total. The van der Waals surface area contributed by atoms with E-state index in [-0.39, 0.29) is 5.56 Å². The molecule has 0 aliphatic carbocycles. The van der Waals surface area contributed by atoms with Crippen LogP contribution in [0.4, 0.5) is 0 Å². The van der Waals surface area contributed by atoms with Gasteiger partial charge in [0.1, 0.15) is 0 Å². The molecule has 0 bridgehead atoms. The van der Waals surface area contributed by atoms with Gasteiger partial charge in [0.2, 0.25) is 0 Å². The smallest absolute Gasteiger partial charge is 0.261 e. The summed E-state index contributed by atoms with van der Waals surface area (Å²) in [6, 6.07) is 15.4. The first-order valence-electron chi connectivity index (χ1n) is 6.85. The fourth-order valence-corrected chi connectivity index (χ4v) is 2.48. The molecule has 1 heterocycles. The minimum absolute atomic E-state index is 0.0166. The van der Waals surface area contributed by atoms with Gasteiger partial charge in [-0.05, 0) is 30.2 Å². The fourth-order valence-electron chi connectivity index (χ4n) is 2.48. The van der Waals surface area contributed by atoms with Crippen LogP contribution in [0, 0.1) is 0 Å². The van der Waals surface area contributed by atoms with Gasteiger partial charge in [0.15, 0.2) is 0 Å². The average molecular weight is 276 g/mol. The summed E-state index contributed by atoms with van der Waals surface area (Å²) in [5, 5.41) is 0.646. The molecule has 0 unspecified atom stereocenters. The quantitative estimate of drug-likeness (QED) is 0.734. The zero-order chi connectivity index (χ0) is 14.8. The molecule has 0 saturated heterocycles. The highest BCUT2D eigenvalue weighted by molar-refractivity contribution is 5.77. The zero-order valence-corrected chi connectivity index (χ0v) is 11.9. The van der Waals surface area contributed by atoms with Gasteiger partial charge in [-0.1, -0.05) is 48.6 Å². The maximum atomic E-state index is 12.5. The van der Waals surface area contributed by atoms with E-state index >= 15 is 0 Å². The molecule has 0 aliphatic heterocycles. The Kier molecular flexibility index (Phi) is 3.40. The van der Waals surface area contributed by atoms with Crippen molar-refractivity contribution in [3.05, 3.63) is 82.9 Å². The van der Waals surface area contributed by atoms with Crippen LogP contribution in [-0.2, 0) is 6.54 Å². The summed E-state index contributed by atoms with van der Waals surface area (Å²) in [7, 11) is 0. The first-order chi connectivity index (χ1) is 10.2. The Hall–Kier alpha value is -2.68. The maximum Gasteiger partial charge on any atom is 0.261 e. The van der Waals surface area contributed by atoms with Gasteiger partial charge in [-0.15, -0.1) is 0 Å². The molecule has 2 aromatic carbocycles. The lowest BCUT2D eigenvalue weighted by atomic mass is 10.0. The Morgan fingerprint density at radius 2 is 1.86 bits per heavy atom. The van der Waals surface area contributed by atoms with Crippen LogP contribution in [0.15, 0.2) is 66.2 Å². The van der Waals surface area contributed by atoms with E-state index in [9.17, 15) is 4.79 Å². The van der Waals surface area contributed by atoms with Crippen molar-refractivity contribution in [2.45, 2.75) is 13.5 Å². The van der Waals surface area contributed by atoms with E-state index in [4.69, 9.17) is 0 Å². The monoisotopic (exact) mass is 276 g/mol. The third-order valence-electron chi connectivity index (χ3n) is 3.55. The van der Waals surface area contributed by atoms with Crippen molar-refractivity contribution in [3.8, 4) is 0 Å². The lowest BCUT2D eigenvalue weighted by molar-refractivity contribution is 0.747. The van der Waals surface area contributed by atoms with Crippen molar-refractivity contribution in [1.29, 1.82) is 0 Å². The highest BCUT2D eigenvalue weighted by atomic mass is 16.1. The fraction of sp³-hybridized carbons (Fsp3) is 0.111. The highest BCUT2D eigenvalue weighted by Crippen LogP contribution is 2.18. The van der Waals surface area contributed by atoms with Crippen molar-refractivity contribution < 1.29 is 0 Å². The predicted octanol–water partition coefficient (Wildman–Crippen LogP) is 3.48. The molecule has 0 N–H and O–H groups in total. The molecular formula is C18H16N2O. The predicted molar refractivity (Wildman–Crippen MR) is 86.3 cm³/mol. The molecule has 21 heavy (non-hydrogen) atoms. The number of hydrogen-bond donors (Lipinski definition) is 0. The number of allylic oxidation sites excluding steroid dienone is 1. The van der Waals surface area contributed by atoms with Gasteiger partial charge >= 0.3 is 0 Å². The minimum atomic E-state index is -0.0166. The molecule has 0 aliphatic rings. The summed E-state index contributed by atoms with van der Waals surface area (Å²) in [5.41, 5.74) is 3.86. The molecule has 0 spiro atoms. The largest absolute Gasteiger partial charge is 0.294 e. The van der Waals surface area contributed by atoms with Crippen LogP contribution in [-0.4, -0.2) is 9.55 Å². The van der Waals surface area contributed by atoms with E-state index in [0.717, 1.165) is 22.2 Å². The Morgan fingerprint density at radius 3 is 2.67 bits per heavy atom. The van der Waals surface area contributed by atoms with Crippen LogP contribution in [0.25, 0.3) is 16.5 Å². The van der Waals surface area contributed by atoms with E-state index in [2.05, 4.69) is 11.6 Å². The summed E-state index contributed by atoms with van der Waals surface area (Å²) >= 11 is 0. The Bertz CT molecular complexity index is 878. The molecule has 3 aromatic rings. The number of hydrogen-bond acceptors (Lipinski definition) is 2. The lowest BCUT2D eigenvalue weighted by Crippen LogP contribution is -2.21. The number of para-hydroxylation sites is 1. The Morgan fingerprint density at radius 1 is 1.14 bits per heavy atom. The van der Waals surface area contributed by atoms with Crippen molar-refractivity contribution >= 4 is 16.5 Å². The van der Waals surface area contributed by atoms with Crippen molar-refractivity contribution in [3.63, 3.8) is 0 Å². The van der Waals surface area contributed by atoms with Gasteiger partial charge in [-0.2, -0.15) is 0 Å². The molecule has 3 rings (SSSR count). The number of rotatable bonds is 3. The van der Waals surface area contributed by atoms with Crippen molar-refractivity contribution in [2.75, 3.05) is 0 Å². The van der Waals surface area contributed by atoms with E-state index in [1.54, 1.807) is 10.9 Å². The summed E-state index contributed by atoms with van der Waals surface area (Å²) < 4.78 is 1.64. The van der Waals surface area contributed by atoms with Crippen LogP contribution in [0.2, 0.25) is 0 Å². The van der Waals surface area contributed by atoms with E-state index < -0.39 is 0 Å². The van der Waals surface area contributed by atoms with Crippen LogP contribution in [0.1, 0.15) is 18.1 Å². The first-order valence-corrected chi connectivity index (χ1v) is 6.85. The number of benzene rings is 2.